The summed E-state index contributed by atoms with van der Waals surface area (Å²) >= 11 is 0. The van der Waals surface area contributed by atoms with Gasteiger partial charge in [-0.1, -0.05) is 6.92 Å². The van der Waals surface area contributed by atoms with Crippen molar-refractivity contribution in [3.8, 4) is 0 Å². The SMILES string of the molecule is CCC(C)(O)C[NH]. The lowest BCUT2D eigenvalue weighted by Gasteiger charge is -2.16. The van der Waals surface area contributed by atoms with Crippen LogP contribution >= 0.6 is 0 Å². The normalized spacial score (nSPS) is 18.9. The van der Waals surface area contributed by atoms with Crippen LogP contribution in [0.1, 0.15) is 20.3 Å². The Morgan fingerprint density at radius 2 is 2.14 bits per heavy atom. The van der Waals surface area contributed by atoms with Gasteiger partial charge in [0.25, 0.3) is 0 Å². The second-order valence-electron chi connectivity index (χ2n) is 2.03. The molecule has 0 amide bonds. The van der Waals surface area contributed by atoms with E-state index in [9.17, 15) is 0 Å². The van der Waals surface area contributed by atoms with Crippen LogP contribution in [-0.4, -0.2) is 17.3 Å². The van der Waals surface area contributed by atoms with E-state index in [1.165, 1.54) is 0 Å². The molecule has 1 radical (unpaired) electrons. The zero-order valence-electron chi connectivity index (χ0n) is 4.86. The highest BCUT2D eigenvalue weighted by molar-refractivity contribution is 4.68. The molecule has 0 aromatic heterocycles. The summed E-state index contributed by atoms with van der Waals surface area (Å²) < 4.78 is 0. The number of hydrogen-bond donors (Lipinski definition) is 1. The number of nitrogens with one attached hydrogen (secondary N) is 1. The van der Waals surface area contributed by atoms with E-state index in [-0.39, 0.29) is 6.54 Å². The smallest absolute Gasteiger partial charge is 0.0754 e. The lowest BCUT2D eigenvalue weighted by atomic mass is 10.1. The van der Waals surface area contributed by atoms with Crippen molar-refractivity contribution in [3.63, 3.8) is 0 Å². The second kappa shape index (κ2) is 2.28. The molecule has 0 aromatic carbocycles. The van der Waals surface area contributed by atoms with E-state index in [0.29, 0.717) is 6.42 Å². The number of aliphatic hydroxyl groups is 1. The van der Waals surface area contributed by atoms with Crippen LogP contribution in [0.4, 0.5) is 0 Å². The van der Waals surface area contributed by atoms with Crippen LogP contribution in [0.3, 0.4) is 0 Å². The fourth-order valence-corrected chi connectivity index (χ4v) is 0.125. The van der Waals surface area contributed by atoms with Crippen molar-refractivity contribution >= 4 is 0 Å². The fraction of sp³-hybridized carbons (Fsp3) is 1.00. The first-order valence-corrected chi connectivity index (χ1v) is 2.49. The van der Waals surface area contributed by atoms with Crippen molar-refractivity contribution in [1.29, 1.82) is 0 Å². The molecule has 1 unspecified atom stereocenters. The lowest BCUT2D eigenvalue weighted by molar-refractivity contribution is 0.0636. The van der Waals surface area contributed by atoms with Gasteiger partial charge in [0.2, 0.25) is 0 Å². The molecule has 0 spiro atoms. The van der Waals surface area contributed by atoms with Gasteiger partial charge in [0.05, 0.1) is 5.60 Å². The Morgan fingerprint density at radius 1 is 1.71 bits per heavy atom. The van der Waals surface area contributed by atoms with Gasteiger partial charge in [-0.2, -0.15) is 0 Å². The van der Waals surface area contributed by atoms with Crippen molar-refractivity contribution in [2.75, 3.05) is 6.54 Å². The summed E-state index contributed by atoms with van der Waals surface area (Å²) in [7, 11) is 0. The molecular weight excluding hydrogens is 90.1 g/mol. The van der Waals surface area contributed by atoms with Crippen LogP contribution in [-0.2, 0) is 0 Å². The predicted octanol–water partition coefficient (Wildman–Crippen LogP) is 0.430. The molecule has 0 saturated heterocycles. The predicted molar refractivity (Wildman–Crippen MR) is 28.9 cm³/mol. The van der Waals surface area contributed by atoms with E-state index in [4.69, 9.17) is 10.8 Å². The zero-order valence-corrected chi connectivity index (χ0v) is 4.86. The minimum absolute atomic E-state index is 0.101. The van der Waals surface area contributed by atoms with E-state index in [1.54, 1.807) is 6.92 Å². The second-order valence-corrected chi connectivity index (χ2v) is 2.03. The molecule has 0 aliphatic carbocycles. The van der Waals surface area contributed by atoms with Crippen molar-refractivity contribution in [2.45, 2.75) is 25.9 Å². The van der Waals surface area contributed by atoms with Gasteiger partial charge in [0.15, 0.2) is 0 Å². The largest absolute Gasteiger partial charge is 0.389 e. The summed E-state index contributed by atoms with van der Waals surface area (Å²) in [4.78, 5) is 0. The monoisotopic (exact) mass is 102 g/mol. The molecular formula is C5H12NO. The topological polar surface area (TPSA) is 44.0 Å². The molecule has 0 saturated carbocycles. The van der Waals surface area contributed by atoms with Crippen LogP contribution in [0.5, 0.6) is 0 Å². The molecule has 2 nitrogen and oxygen atoms in total. The maximum absolute atomic E-state index is 8.94. The van der Waals surface area contributed by atoms with E-state index < -0.39 is 5.60 Å². The van der Waals surface area contributed by atoms with Crippen LogP contribution in [0.15, 0.2) is 0 Å². The molecule has 2 heteroatoms. The Labute approximate surface area is 44.3 Å². The molecule has 0 fully saturated rings. The third-order valence-electron chi connectivity index (χ3n) is 1.14. The van der Waals surface area contributed by atoms with Crippen molar-refractivity contribution in [2.24, 2.45) is 0 Å². The Hall–Kier alpha value is -0.0800. The first-order chi connectivity index (χ1) is 3.12. The van der Waals surface area contributed by atoms with Gasteiger partial charge in [0.1, 0.15) is 0 Å². The Morgan fingerprint density at radius 3 is 2.14 bits per heavy atom. The lowest BCUT2D eigenvalue weighted by Crippen LogP contribution is -2.28. The molecule has 1 atom stereocenters. The van der Waals surface area contributed by atoms with Gasteiger partial charge in [-0.25, -0.2) is 0 Å². The molecule has 0 aliphatic rings. The molecule has 43 valence electrons. The Kier molecular flexibility index (Phi) is 2.26. The van der Waals surface area contributed by atoms with Gasteiger partial charge < -0.3 is 5.11 Å². The Balaban J connectivity index is 3.36. The number of hydrogen-bond acceptors (Lipinski definition) is 1. The maximum Gasteiger partial charge on any atom is 0.0754 e. The van der Waals surface area contributed by atoms with E-state index >= 15 is 0 Å². The van der Waals surface area contributed by atoms with Gasteiger partial charge in [-0.05, 0) is 13.3 Å². The standard InChI is InChI=1S/C5H12NO/c1-3-5(2,7)4-6/h6-7H,3-4H2,1-2H3. The van der Waals surface area contributed by atoms with Gasteiger partial charge in [0, 0.05) is 6.54 Å². The maximum atomic E-state index is 8.94. The molecule has 2 N–H and O–H groups in total. The van der Waals surface area contributed by atoms with Gasteiger partial charge in [-0.3, -0.25) is 5.73 Å². The van der Waals surface area contributed by atoms with Crippen molar-refractivity contribution in [1.82, 2.24) is 5.73 Å². The summed E-state index contributed by atoms with van der Waals surface area (Å²) in [6.07, 6.45) is 0.663. The molecule has 0 bridgehead atoms. The molecule has 0 aromatic rings. The highest BCUT2D eigenvalue weighted by Crippen LogP contribution is 2.04. The highest BCUT2D eigenvalue weighted by atomic mass is 16.3. The molecule has 7 heavy (non-hydrogen) atoms. The molecule has 0 heterocycles. The summed E-state index contributed by atoms with van der Waals surface area (Å²) in [5.41, 5.74) is 6.01. The average Bonchev–Trinajstić information content (AvgIpc) is 1.68. The van der Waals surface area contributed by atoms with Crippen molar-refractivity contribution < 1.29 is 5.11 Å². The van der Waals surface area contributed by atoms with Crippen LogP contribution in [0.2, 0.25) is 0 Å². The van der Waals surface area contributed by atoms with E-state index in [0.717, 1.165) is 0 Å². The summed E-state index contributed by atoms with van der Waals surface area (Å²) in [6, 6.07) is 0. The quantitative estimate of drug-likeness (QED) is 0.540. The van der Waals surface area contributed by atoms with Crippen LogP contribution in [0.25, 0.3) is 0 Å². The van der Waals surface area contributed by atoms with Gasteiger partial charge in [-0.15, -0.1) is 0 Å². The summed E-state index contributed by atoms with van der Waals surface area (Å²) in [5, 5.41) is 8.94. The summed E-state index contributed by atoms with van der Waals surface area (Å²) in [5.74, 6) is 0. The fourth-order valence-electron chi connectivity index (χ4n) is 0.125. The van der Waals surface area contributed by atoms with Crippen LogP contribution in [0, 0.1) is 0 Å². The average molecular weight is 102 g/mol. The highest BCUT2D eigenvalue weighted by Gasteiger charge is 2.13. The third kappa shape index (κ3) is 2.60. The van der Waals surface area contributed by atoms with Crippen molar-refractivity contribution in [3.05, 3.63) is 0 Å². The first-order valence-electron chi connectivity index (χ1n) is 2.49. The van der Waals surface area contributed by atoms with E-state index in [2.05, 4.69) is 0 Å². The zero-order chi connectivity index (χ0) is 5.91. The number of rotatable bonds is 2. The Bertz CT molecular complexity index is 46.0. The molecule has 0 rings (SSSR count). The van der Waals surface area contributed by atoms with E-state index in [1.807, 2.05) is 6.92 Å². The van der Waals surface area contributed by atoms with Gasteiger partial charge >= 0.3 is 0 Å². The van der Waals surface area contributed by atoms with Crippen LogP contribution < -0.4 is 5.73 Å². The minimum Gasteiger partial charge on any atom is -0.389 e. The molecule has 0 aliphatic heterocycles. The third-order valence-corrected chi connectivity index (χ3v) is 1.14. The summed E-state index contributed by atoms with van der Waals surface area (Å²) in [6.45, 7) is 3.64. The first kappa shape index (κ1) is 6.92. The minimum atomic E-state index is -0.750.